The maximum Gasteiger partial charge on any atom is 0.253 e. The number of nitrogens with zero attached hydrogens (tertiary/aromatic N) is 4. The number of carbonyl (C=O) groups excluding carboxylic acids is 1. The van der Waals surface area contributed by atoms with Crippen LogP contribution in [0.3, 0.4) is 0 Å². The highest BCUT2D eigenvalue weighted by Gasteiger charge is 2.33. The standard InChI is InChI=1S/C22H23N5O2S2/c1-3-23-21-24-25-22(31-21)30-14-20(28)27-19(16-9-11-17(29-2)12-10-16)13-18(26-27)15-7-5-4-6-8-15/h4-12,19H,3,13-14H2,1-2H3,(H,23,24). The Bertz CT molecular complexity index is 1050. The van der Waals surface area contributed by atoms with Crippen LogP contribution in [-0.4, -0.2) is 46.2 Å². The number of carbonyl (C=O) groups is 1. The number of aromatic nitrogens is 2. The van der Waals surface area contributed by atoms with Crippen molar-refractivity contribution < 1.29 is 9.53 Å². The Hall–Kier alpha value is -2.91. The highest BCUT2D eigenvalue weighted by atomic mass is 32.2. The molecule has 0 spiro atoms. The fourth-order valence-corrected chi connectivity index (χ4v) is 4.98. The van der Waals surface area contributed by atoms with Crippen LogP contribution in [0.4, 0.5) is 5.13 Å². The fourth-order valence-electron chi connectivity index (χ4n) is 3.31. The fraction of sp³-hybridized carbons (Fsp3) is 0.273. The molecule has 31 heavy (non-hydrogen) atoms. The summed E-state index contributed by atoms with van der Waals surface area (Å²) in [5.74, 6) is 0.975. The number of ether oxygens (including phenoxy) is 1. The van der Waals surface area contributed by atoms with E-state index in [1.807, 2.05) is 61.5 Å². The van der Waals surface area contributed by atoms with Gasteiger partial charge in [0.15, 0.2) is 4.34 Å². The Morgan fingerprint density at radius 1 is 1.19 bits per heavy atom. The van der Waals surface area contributed by atoms with Crippen LogP contribution in [0, 0.1) is 0 Å². The molecule has 3 aromatic rings. The van der Waals surface area contributed by atoms with Gasteiger partial charge in [0.05, 0.1) is 24.6 Å². The number of hydrazone groups is 1. The maximum absolute atomic E-state index is 13.1. The predicted molar refractivity (Wildman–Crippen MR) is 125 cm³/mol. The van der Waals surface area contributed by atoms with Gasteiger partial charge in [-0.25, -0.2) is 5.01 Å². The molecule has 1 aliphatic heterocycles. The summed E-state index contributed by atoms with van der Waals surface area (Å²) in [6.07, 6.45) is 0.663. The molecule has 0 radical (unpaired) electrons. The molecule has 0 fully saturated rings. The van der Waals surface area contributed by atoms with Gasteiger partial charge in [-0.15, -0.1) is 10.2 Å². The third kappa shape index (κ3) is 5.05. The first kappa shape index (κ1) is 21.3. The van der Waals surface area contributed by atoms with Gasteiger partial charge < -0.3 is 10.1 Å². The number of methoxy groups -OCH3 is 1. The Labute approximate surface area is 189 Å². The first-order valence-electron chi connectivity index (χ1n) is 9.97. The van der Waals surface area contributed by atoms with Crippen molar-refractivity contribution in [3.63, 3.8) is 0 Å². The van der Waals surface area contributed by atoms with Crippen LogP contribution in [0.2, 0.25) is 0 Å². The van der Waals surface area contributed by atoms with Crippen LogP contribution in [-0.2, 0) is 4.79 Å². The van der Waals surface area contributed by atoms with Crippen molar-refractivity contribution in [1.82, 2.24) is 15.2 Å². The second-order valence-corrected chi connectivity index (χ2v) is 9.04. The molecule has 2 aromatic carbocycles. The largest absolute Gasteiger partial charge is 0.497 e. The maximum atomic E-state index is 13.1. The molecular formula is C22H23N5O2S2. The second-order valence-electron chi connectivity index (χ2n) is 6.84. The van der Waals surface area contributed by atoms with Crippen molar-refractivity contribution in [2.75, 3.05) is 24.7 Å². The van der Waals surface area contributed by atoms with E-state index in [-0.39, 0.29) is 17.7 Å². The van der Waals surface area contributed by atoms with Crippen molar-refractivity contribution in [2.24, 2.45) is 5.10 Å². The molecule has 4 rings (SSSR count). The normalized spacial score (nSPS) is 15.6. The van der Waals surface area contributed by atoms with Crippen LogP contribution in [0.5, 0.6) is 5.75 Å². The summed E-state index contributed by atoms with van der Waals surface area (Å²) < 4.78 is 6.03. The van der Waals surface area contributed by atoms with Crippen LogP contribution >= 0.6 is 23.1 Å². The third-order valence-corrected chi connectivity index (χ3v) is 6.83. The smallest absolute Gasteiger partial charge is 0.253 e. The molecule has 1 atom stereocenters. The molecule has 0 saturated heterocycles. The van der Waals surface area contributed by atoms with Crippen molar-refractivity contribution in [3.05, 3.63) is 65.7 Å². The number of anilines is 1. The average molecular weight is 454 g/mol. The van der Waals surface area contributed by atoms with E-state index in [0.717, 1.165) is 38.6 Å². The Morgan fingerprint density at radius 2 is 1.97 bits per heavy atom. The zero-order valence-corrected chi connectivity index (χ0v) is 18.9. The van der Waals surface area contributed by atoms with E-state index in [0.29, 0.717) is 6.42 Å². The molecule has 1 aromatic heterocycles. The van der Waals surface area contributed by atoms with Crippen LogP contribution in [0.1, 0.15) is 30.5 Å². The Kier molecular flexibility index (Phi) is 6.83. The quantitative estimate of drug-likeness (QED) is 0.508. The molecule has 2 heterocycles. The number of benzene rings is 2. The lowest BCUT2D eigenvalue weighted by Gasteiger charge is -2.22. The molecule has 9 heteroatoms. The summed E-state index contributed by atoms with van der Waals surface area (Å²) in [4.78, 5) is 13.1. The molecule has 0 saturated carbocycles. The molecule has 1 unspecified atom stereocenters. The lowest BCUT2D eigenvalue weighted by atomic mass is 9.98. The Morgan fingerprint density at radius 3 is 2.68 bits per heavy atom. The van der Waals surface area contributed by atoms with E-state index < -0.39 is 0 Å². The highest BCUT2D eigenvalue weighted by molar-refractivity contribution is 8.01. The van der Waals surface area contributed by atoms with Gasteiger partial charge >= 0.3 is 0 Å². The molecule has 0 aliphatic carbocycles. The topological polar surface area (TPSA) is 79.7 Å². The SMILES string of the molecule is CCNc1nnc(SCC(=O)N2N=C(c3ccccc3)CC2c2ccc(OC)cc2)s1. The third-order valence-electron chi connectivity index (χ3n) is 4.83. The summed E-state index contributed by atoms with van der Waals surface area (Å²) >= 11 is 2.84. The van der Waals surface area contributed by atoms with Gasteiger partial charge in [-0.1, -0.05) is 65.6 Å². The summed E-state index contributed by atoms with van der Waals surface area (Å²) in [7, 11) is 1.64. The van der Waals surface area contributed by atoms with Crippen molar-refractivity contribution in [3.8, 4) is 5.75 Å². The zero-order chi connectivity index (χ0) is 21.6. The van der Waals surface area contributed by atoms with Gasteiger partial charge in [0.2, 0.25) is 5.13 Å². The summed E-state index contributed by atoms with van der Waals surface area (Å²) in [5, 5.41) is 18.5. The number of rotatable bonds is 8. The van der Waals surface area contributed by atoms with Crippen molar-refractivity contribution in [2.45, 2.75) is 23.7 Å². The predicted octanol–water partition coefficient (Wildman–Crippen LogP) is 4.45. The summed E-state index contributed by atoms with van der Waals surface area (Å²) in [6, 6.07) is 17.7. The van der Waals surface area contributed by atoms with Crippen LogP contribution < -0.4 is 10.1 Å². The van der Waals surface area contributed by atoms with Gasteiger partial charge in [0, 0.05) is 13.0 Å². The Balaban J connectivity index is 1.53. The van der Waals surface area contributed by atoms with Gasteiger partial charge in [0.1, 0.15) is 5.75 Å². The number of amides is 1. The molecule has 1 aliphatic rings. The summed E-state index contributed by atoms with van der Waals surface area (Å²) in [6.45, 7) is 2.79. The monoisotopic (exact) mass is 453 g/mol. The first-order chi connectivity index (χ1) is 15.2. The van der Waals surface area contributed by atoms with E-state index in [4.69, 9.17) is 9.84 Å². The van der Waals surface area contributed by atoms with Gasteiger partial charge in [-0.05, 0) is 30.2 Å². The summed E-state index contributed by atoms with van der Waals surface area (Å²) in [5.41, 5.74) is 2.97. The average Bonchev–Trinajstić information content (AvgIpc) is 3.46. The van der Waals surface area contributed by atoms with E-state index in [2.05, 4.69) is 15.5 Å². The number of nitrogens with one attached hydrogen (secondary N) is 1. The molecule has 7 nitrogen and oxygen atoms in total. The van der Waals surface area contributed by atoms with E-state index in [9.17, 15) is 4.79 Å². The van der Waals surface area contributed by atoms with Crippen LogP contribution in [0.15, 0.2) is 64.0 Å². The number of thioether (sulfide) groups is 1. The molecule has 1 amide bonds. The molecule has 0 bridgehead atoms. The van der Waals surface area contributed by atoms with Crippen LogP contribution in [0.25, 0.3) is 0 Å². The van der Waals surface area contributed by atoms with E-state index in [1.54, 1.807) is 12.1 Å². The number of hydrogen-bond acceptors (Lipinski definition) is 8. The van der Waals surface area contributed by atoms with Gasteiger partial charge in [0.25, 0.3) is 5.91 Å². The lowest BCUT2D eigenvalue weighted by molar-refractivity contribution is -0.130. The van der Waals surface area contributed by atoms with Gasteiger partial charge in [-0.2, -0.15) is 5.10 Å². The highest BCUT2D eigenvalue weighted by Crippen LogP contribution is 2.35. The van der Waals surface area contributed by atoms with E-state index in [1.165, 1.54) is 23.1 Å². The number of hydrogen-bond donors (Lipinski definition) is 1. The molecule has 1 N–H and O–H groups in total. The van der Waals surface area contributed by atoms with E-state index >= 15 is 0 Å². The molecular weight excluding hydrogens is 430 g/mol. The minimum atomic E-state index is -0.152. The first-order valence-corrected chi connectivity index (χ1v) is 11.8. The van der Waals surface area contributed by atoms with Crippen molar-refractivity contribution >= 4 is 39.8 Å². The zero-order valence-electron chi connectivity index (χ0n) is 17.3. The minimum Gasteiger partial charge on any atom is -0.497 e. The van der Waals surface area contributed by atoms with Crippen molar-refractivity contribution in [1.29, 1.82) is 0 Å². The molecule has 160 valence electrons. The van der Waals surface area contributed by atoms with Gasteiger partial charge in [-0.3, -0.25) is 4.79 Å². The second kappa shape index (κ2) is 9.93. The minimum absolute atomic E-state index is 0.0584. The lowest BCUT2D eigenvalue weighted by Crippen LogP contribution is -2.28.